The monoisotopic (exact) mass is 254 g/mol. The SMILES string of the molecule is COCC1(CNC(=O)[C@@H]2CCCNC2)CCCC1. The average Bonchev–Trinajstić information content (AvgIpc) is 2.87. The number of piperidine rings is 1. The fourth-order valence-corrected chi connectivity index (χ4v) is 3.30. The van der Waals surface area contributed by atoms with Gasteiger partial charge in [0.1, 0.15) is 0 Å². The minimum atomic E-state index is 0.166. The van der Waals surface area contributed by atoms with Gasteiger partial charge in [0, 0.05) is 25.6 Å². The molecule has 1 atom stereocenters. The molecule has 0 aromatic heterocycles. The van der Waals surface area contributed by atoms with Gasteiger partial charge in [-0.05, 0) is 32.2 Å². The third-order valence-electron chi connectivity index (χ3n) is 4.42. The summed E-state index contributed by atoms with van der Waals surface area (Å²) in [6, 6.07) is 0. The van der Waals surface area contributed by atoms with Crippen molar-refractivity contribution < 1.29 is 9.53 Å². The van der Waals surface area contributed by atoms with E-state index in [1.807, 2.05) is 0 Å². The summed E-state index contributed by atoms with van der Waals surface area (Å²) in [6.07, 6.45) is 7.04. The number of amides is 1. The first-order valence-corrected chi connectivity index (χ1v) is 7.23. The van der Waals surface area contributed by atoms with E-state index >= 15 is 0 Å². The van der Waals surface area contributed by atoms with Gasteiger partial charge in [0.25, 0.3) is 0 Å². The lowest BCUT2D eigenvalue weighted by Crippen LogP contribution is -2.45. The number of ether oxygens (including phenoxy) is 1. The van der Waals surface area contributed by atoms with Crippen LogP contribution in [0.5, 0.6) is 0 Å². The Labute approximate surface area is 110 Å². The van der Waals surface area contributed by atoms with Gasteiger partial charge in [0.15, 0.2) is 0 Å². The maximum Gasteiger partial charge on any atom is 0.224 e. The van der Waals surface area contributed by atoms with Crippen LogP contribution >= 0.6 is 0 Å². The quantitative estimate of drug-likeness (QED) is 0.778. The zero-order valence-electron chi connectivity index (χ0n) is 11.5. The maximum absolute atomic E-state index is 12.1. The first kappa shape index (κ1) is 13.8. The minimum Gasteiger partial charge on any atom is -0.384 e. The zero-order valence-corrected chi connectivity index (χ0v) is 11.5. The largest absolute Gasteiger partial charge is 0.384 e. The highest BCUT2D eigenvalue weighted by atomic mass is 16.5. The molecule has 4 nitrogen and oxygen atoms in total. The highest BCUT2D eigenvalue weighted by molar-refractivity contribution is 5.79. The van der Waals surface area contributed by atoms with E-state index in [9.17, 15) is 4.79 Å². The van der Waals surface area contributed by atoms with Crippen molar-refractivity contribution in [1.82, 2.24) is 10.6 Å². The molecular weight excluding hydrogens is 228 g/mol. The van der Waals surface area contributed by atoms with Crippen molar-refractivity contribution in [2.24, 2.45) is 11.3 Å². The Kier molecular flexibility index (Phi) is 5.01. The normalized spacial score (nSPS) is 27.1. The average molecular weight is 254 g/mol. The fraction of sp³-hybridized carbons (Fsp3) is 0.929. The number of methoxy groups -OCH3 is 1. The minimum absolute atomic E-state index is 0.166. The summed E-state index contributed by atoms with van der Waals surface area (Å²) in [5, 5.41) is 6.45. The Morgan fingerprint density at radius 3 is 2.78 bits per heavy atom. The van der Waals surface area contributed by atoms with E-state index in [0.717, 1.165) is 39.1 Å². The van der Waals surface area contributed by atoms with Gasteiger partial charge in [-0.15, -0.1) is 0 Å². The zero-order chi connectivity index (χ0) is 12.8. The fourth-order valence-electron chi connectivity index (χ4n) is 3.30. The van der Waals surface area contributed by atoms with Gasteiger partial charge in [-0.25, -0.2) is 0 Å². The van der Waals surface area contributed by atoms with E-state index in [-0.39, 0.29) is 17.2 Å². The van der Waals surface area contributed by atoms with Crippen LogP contribution < -0.4 is 10.6 Å². The molecule has 2 N–H and O–H groups in total. The van der Waals surface area contributed by atoms with Gasteiger partial charge in [0.05, 0.1) is 12.5 Å². The van der Waals surface area contributed by atoms with Crippen LogP contribution in [0.3, 0.4) is 0 Å². The summed E-state index contributed by atoms with van der Waals surface area (Å²) in [5.41, 5.74) is 0.201. The third-order valence-corrected chi connectivity index (χ3v) is 4.42. The summed E-state index contributed by atoms with van der Waals surface area (Å²) in [5.74, 6) is 0.393. The molecule has 0 radical (unpaired) electrons. The van der Waals surface area contributed by atoms with E-state index in [0.29, 0.717) is 0 Å². The summed E-state index contributed by atoms with van der Waals surface area (Å²) in [6.45, 7) is 3.45. The van der Waals surface area contributed by atoms with Crippen molar-refractivity contribution in [3.8, 4) is 0 Å². The molecule has 1 aliphatic carbocycles. The second-order valence-electron chi connectivity index (χ2n) is 5.90. The van der Waals surface area contributed by atoms with Crippen LogP contribution in [0, 0.1) is 11.3 Å². The molecule has 0 unspecified atom stereocenters. The highest BCUT2D eigenvalue weighted by Crippen LogP contribution is 2.37. The van der Waals surface area contributed by atoms with Crippen molar-refractivity contribution in [2.75, 3.05) is 33.4 Å². The molecule has 1 saturated carbocycles. The van der Waals surface area contributed by atoms with Crippen molar-refractivity contribution in [3.63, 3.8) is 0 Å². The smallest absolute Gasteiger partial charge is 0.224 e. The van der Waals surface area contributed by atoms with Gasteiger partial charge >= 0.3 is 0 Å². The summed E-state index contributed by atoms with van der Waals surface area (Å²) in [4.78, 5) is 12.1. The first-order chi connectivity index (χ1) is 8.76. The summed E-state index contributed by atoms with van der Waals surface area (Å²) >= 11 is 0. The molecule has 0 spiro atoms. The van der Waals surface area contributed by atoms with Crippen LogP contribution in [0.2, 0.25) is 0 Å². The van der Waals surface area contributed by atoms with E-state index in [4.69, 9.17) is 4.74 Å². The van der Waals surface area contributed by atoms with Crippen LogP contribution in [0.1, 0.15) is 38.5 Å². The molecule has 2 fully saturated rings. The van der Waals surface area contributed by atoms with Crippen LogP contribution in [0.25, 0.3) is 0 Å². The lowest BCUT2D eigenvalue weighted by molar-refractivity contribution is -0.126. The van der Waals surface area contributed by atoms with E-state index < -0.39 is 0 Å². The molecule has 1 heterocycles. The molecule has 0 bridgehead atoms. The number of hydrogen-bond donors (Lipinski definition) is 2. The Hall–Kier alpha value is -0.610. The number of nitrogens with one attached hydrogen (secondary N) is 2. The number of hydrogen-bond acceptors (Lipinski definition) is 3. The first-order valence-electron chi connectivity index (χ1n) is 7.23. The second-order valence-corrected chi connectivity index (χ2v) is 5.90. The molecule has 1 aliphatic heterocycles. The lowest BCUT2D eigenvalue weighted by Gasteiger charge is -2.30. The molecule has 0 aromatic rings. The van der Waals surface area contributed by atoms with Crippen LogP contribution in [-0.4, -0.2) is 39.3 Å². The van der Waals surface area contributed by atoms with Gasteiger partial charge in [-0.1, -0.05) is 12.8 Å². The van der Waals surface area contributed by atoms with Gasteiger partial charge in [-0.3, -0.25) is 4.79 Å². The maximum atomic E-state index is 12.1. The molecule has 1 saturated heterocycles. The predicted molar refractivity (Wildman–Crippen MR) is 71.4 cm³/mol. The Bertz CT molecular complexity index is 269. The van der Waals surface area contributed by atoms with Gasteiger partial charge in [0.2, 0.25) is 5.91 Å². The molecule has 4 heteroatoms. The molecular formula is C14H26N2O2. The third kappa shape index (κ3) is 3.45. The summed E-state index contributed by atoms with van der Waals surface area (Å²) < 4.78 is 5.34. The van der Waals surface area contributed by atoms with Crippen molar-refractivity contribution >= 4 is 5.91 Å². The standard InChI is InChI=1S/C14H26N2O2/c1-18-11-14(6-2-3-7-14)10-16-13(17)12-5-4-8-15-9-12/h12,15H,2-11H2,1H3,(H,16,17)/t12-/m1/s1. The van der Waals surface area contributed by atoms with Crippen molar-refractivity contribution in [1.29, 1.82) is 0 Å². The predicted octanol–water partition coefficient (Wildman–Crippen LogP) is 1.31. The molecule has 2 aliphatic rings. The molecule has 104 valence electrons. The number of carbonyl (C=O) groups is 1. The van der Waals surface area contributed by atoms with Crippen molar-refractivity contribution in [2.45, 2.75) is 38.5 Å². The second kappa shape index (κ2) is 6.53. The van der Waals surface area contributed by atoms with Crippen LogP contribution in [0.4, 0.5) is 0 Å². The summed E-state index contributed by atoms with van der Waals surface area (Å²) in [7, 11) is 1.76. The number of rotatable bonds is 5. The highest BCUT2D eigenvalue weighted by Gasteiger charge is 2.34. The van der Waals surface area contributed by atoms with E-state index in [1.165, 1.54) is 25.7 Å². The molecule has 18 heavy (non-hydrogen) atoms. The lowest BCUT2D eigenvalue weighted by atomic mass is 9.86. The van der Waals surface area contributed by atoms with Gasteiger partial charge < -0.3 is 15.4 Å². The van der Waals surface area contributed by atoms with Crippen LogP contribution in [0.15, 0.2) is 0 Å². The van der Waals surface area contributed by atoms with Crippen molar-refractivity contribution in [3.05, 3.63) is 0 Å². The van der Waals surface area contributed by atoms with E-state index in [1.54, 1.807) is 7.11 Å². The Morgan fingerprint density at radius 2 is 2.17 bits per heavy atom. The Morgan fingerprint density at radius 1 is 1.39 bits per heavy atom. The van der Waals surface area contributed by atoms with E-state index in [2.05, 4.69) is 10.6 Å². The Balaban J connectivity index is 1.79. The number of carbonyl (C=O) groups excluding carboxylic acids is 1. The molecule has 2 rings (SSSR count). The van der Waals surface area contributed by atoms with Gasteiger partial charge in [-0.2, -0.15) is 0 Å². The molecule has 1 amide bonds. The molecule has 0 aromatic carbocycles. The van der Waals surface area contributed by atoms with Crippen LogP contribution in [-0.2, 0) is 9.53 Å². The topological polar surface area (TPSA) is 50.4 Å².